The molecule has 1 aromatic rings. The molecule has 0 radical (unpaired) electrons. The van der Waals surface area contributed by atoms with Crippen LogP contribution in [0.1, 0.15) is 10.4 Å². The normalized spacial score (nSPS) is 10.5. The average Bonchev–Trinajstić information content (AvgIpc) is 2.28. The van der Waals surface area contributed by atoms with Crippen molar-refractivity contribution in [2.45, 2.75) is 0 Å². The summed E-state index contributed by atoms with van der Waals surface area (Å²) in [5.74, 6) is -3.13. The van der Waals surface area contributed by atoms with E-state index in [0.29, 0.717) is 0 Å². The van der Waals surface area contributed by atoms with Gasteiger partial charge in [0.05, 0.1) is 17.3 Å². The van der Waals surface area contributed by atoms with Crippen molar-refractivity contribution in [3.05, 3.63) is 29.8 Å². The third-order valence-electron chi connectivity index (χ3n) is 2.10. The van der Waals surface area contributed by atoms with Gasteiger partial charge in [-0.05, 0) is 12.1 Å². The molecule has 1 rings (SSSR count). The van der Waals surface area contributed by atoms with E-state index < -0.39 is 33.2 Å². The minimum atomic E-state index is -3.77. The molecule has 0 aliphatic rings. The SMILES string of the molecule is N#CCS(=O)(=O)CC(=O)Nc1ccccc1C(N)=O. The van der Waals surface area contributed by atoms with E-state index in [1.54, 1.807) is 12.1 Å². The van der Waals surface area contributed by atoms with Gasteiger partial charge in [-0.2, -0.15) is 5.26 Å². The Labute approximate surface area is 109 Å². The van der Waals surface area contributed by atoms with Crippen LogP contribution in [0.25, 0.3) is 0 Å². The maximum atomic E-state index is 11.5. The number of nitrogens with zero attached hydrogens (tertiary/aromatic N) is 1. The zero-order chi connectivity index (χ0) is 14.5. The minimum absolute atomic E-state index is 0.0773. The van der Waals surface area contributed by atoms with Crippen molar-refractivity contribution in [3.8, 4) is 6.07 Å². The molecule has 0 bridgehead atoms. The standard InChI is InChI=1S/C11H11N3O4S/c12-5-6-19(17,18)7-10(15)14-9-4-2-1-3-8(9)11(13)16/h1-4H,6-7H2,(H2,13,16)(H,14,15). The Hall–Kier alpha value is -2.40. The molecule has 1 aromatic carbocycles. The highest BCUT2D eigenvalue weighted by Crippen LogP contribution is 2.14. The van der Waals surface area contributed by atoms with Crippen LogP contribution in [0.3, 0.4) is 0 Å². The molecule has 0 fully saturated rings. The summed E-state index contributed by atoms with van der Waals surface area (Å²) in [4.78, 5) is 22.6. The van der Waals surface area contributed by atoms with Gasteiger partial charge in [-0.3, -0.25) is 9.59 Å². The van der Waals surface area contributed by atoms with Crippen LogP contribution in [0.5, 0.6) is 0 Å². The van der Waals surface area contributed by atoms with Gasteiger partial charge in [-0.15, -0.1) is 0 Å². The van der Waals surface area contributed by atoms with Crippen LogP contribution >= 0.6 is 0 Å². The zero-order valence-corrected chi connectivity index (χ0v) is 10.6. The van der Waals surface area contributed by atoms with Crippen molar-refractivity contribution in [1.29, 1.82) is 5.26 Å². The summed E-state index contributed by atoms with van der Waals surface area (Å²) in [6.07, 6.45) is 0. The van der Waals surface area contributed by atoms with Crippen LogP contribution in [0, 0.1) is 11.3 Å². The third kappa shape index (κ3) is 4.40. The van der Waals surface area contributed by atoms with E-state index in [1.807, 2.05) is 0 Å². The number of para-hydroxylation sites is 1. The molecule has 8 heteroatoms. The van der Waals surface area contributed by atoms with E-state index in [2.05, 4.69) is 5.32 Å². The molecule has 3 N–H and O–H groups in total. The van der Waals surface area contributed by atoms with Gasteiger partial charge in [-0.1, -0.05) is 12.1 Å². The van der Waals surface area contributed by atoms with Crippen LogP contribution < -0.4 is 11.1 Å². The van der Waals surface area contributed by atoms with Crippen LogP contribution in [-0.4, -0.2) is 31.7 Å². The summed E-state index contributed by atoms with van der Waals surface area (Å²) in [7, 11) is -3.77. The molecule has 19 heavy (non-hydrogen) atoms. The third-order valence-corrected chi connectivity index (χ3v) is 3.37. The van der Waals surface area contributed by atoms with Crippen molar-refractivity contribution in [2.75, 3.05) is 16.8 Å². The lowest BCUT2D eigenvalue weighted by molar-refractivity contribution is -0.113. The van der Waals surface area contributed by atoms with E-state index in [1.165, 1.54) is 18.2 Å². The number of hydrogen-bond acceptors (Lipinski definition) is 5. The molecule has 0 unspecified atom stereocenters. The molecule has 0 aromatic heterocycles. The Kier molecular flexibility index (Phi) is 4.61. The number of carbonyl (C=O) groups is 2. The average molecular weight is 281 g/mol. The second-order valence-corrected chi connectivity index (χ2v) is 5.71. The summed E-state index contributed by atoms with van der Waals surface area (Å²) < 4.78 is 22.6. The first-order valence-electron chi connectivity index (χ1n) is 5.12. The van der Waals surface area contributed by atoms with Gasteiger partial charge < -0.3 is 11.1 Å². The number of sulfone groups is 1. The highest BCUT2D eigenvalue weighted by Gasteiger charge is 2.17. The van der Waals surface area contributed by atoms with Crippen LogP contribution in [0.4, 0.5) is 5.69 Å². The topological polar surface area (TPSA) is 130 Å². The van der Waals surface area contributed by atoms with Crippen LogP contribution in [-0.2, 0) is 14.6 Å². The Morgan fingerprint density at radius 3 is 2.53 bits per heavy atom. The van der Waals surface area contributed by atoms with E-state index in [-0.39, 0.29) is 11.3 Å². The summed E-state index contributed by atoms with van der Waals surface area (Å²) >= 11 is 0. The Morgan fingerprint density at radius 1 is 1.32 bits per heavy atom. The van der Waals surface area contributed by atoms with E-state index in [9.17, 15) is 18.0 Å². The maximum Gasteiger partial charge on any atom is 0.250 e. The summed E-state index contributed by atoms with van der Waals surface area (Å²) in [6.45, 7) is 0. The molecule has 0 saturated heterocycles. The van der Waals surface area contributed by atoms with Gasteiger partial charge in [0, 0.05) is 0 Å². The number of anilines is 1. The first-order chi connectivity index (χ1) is 8.85. The number of amides is 2. The van der Waals surface area contributed by atoms with Gasteiger partial charge >= 0.3 is 0 Å². The lowest BCUT2D eigenvalue weighted by Crippen LogP contribution is -2.25. The predicted octanol–water partition coefficient (Wildman–Crippen LogP) is -0.338. The van der Waals surface area contributed by atoms with Crippen LogP contribution in [0.15, 0.2) is 24.3 Å². The van der Waals surface area contributed by atoms with Gasteiger partial charge in [0.2, 0.25) is 5.91 Å². The molecular formula is C11H11N3O4S. The van der Waals surface area contributed by atoms with Gasteiger partial charge in [-0.25, -0.2) is 8.42 Å². The highest BCUT2D eigenvalue weighted by atomic mass is 32.2. The van der Waals surface area contributed by atoms with Crippen molar-refractivity contribution in [3.63, 3.8) is 0 Å². The predicted molar refractivity (Wildman–Crippen MR) is 67.9 cm³/mol. The molecule has 0 saturated carbocycles. The Bertz CT molecular complexity index is 646. The number of rotatable bonds is 5. The lowest BCUT2D eigenvalue weighted by Gasteiger charge is -2.08. The lowest BCUT2D eigenvalue weighted by atomic mass is 10.1. The highest BCUT2D eigenvalue weighted by molar-refractivity contribution is 7.92. The number of nitrogens with one attached hydrogen (secondary N) is 1. The summed E-state index contributed by atoms with van der Waals surface area (Å²) in [5, 5.41) is 10.6. The van der Waals surface area contributed by atoms with Crippen molar-refractivity contribution >= 4 is 27.3 Å². The molecule has 0 heterocycles. The minimum Gasteiger partial charge on any atom is -0.366 e. The van der Waals surface area contributed by atoms with Crippen molar-refractivity contribution in [1.82, 2.24) is 0 Å². The zero-order valence-electron chi connectivity index (χ0n) is 9.79. The fourth-order valence-electron chi connectivity index (χ4n) is 1.34. The molecule has 0 spiro atoms. The van der Waals surface area contributed by atoms with Gasteiger partial charge in [0.15, 0.2) is 9.84 Å². The van der Waals surface area contributed by atoms with Crippen molar-refractivity contribution in [2.24, 2.45) is 5.73 Å². The number of nitriles is 1. The smallest absolute Gasteiger partial charge is 0.250 e. The Balaban J connectivity index is 2.85. The quantitative estimate of drug-likeness (QED) is 0.762. The molecule has 7 nitrogen and oxygen atoms in total. The number of carbonyl (C=O) groups excluding carboxylic acids is 2. The fourth-order valence-corrected chi connectivity index (χ4v) is 2.11. The number of primary amides is 1. The van der Waals surface area contributed by atoms with Crippen molar-refractivity contribution < 1.29 is 18.0 Å². The number of nitrogens with two attached hydrogens (primary N) is 1. The first-order valence-corrected chi connectivity index (χ1v) is 6.94. The molecular weight excluding hydrogens is 270 g/mol. The van der Waals surface area contributed by atoms with Gasteiger partial charge in [0.25, 0.3) is 5.91 Å². The first kappa shape index (κ1) is 14.7. The number of benzene rings is 1. The summed E-state index contributed by atoms with van der Waals surface area (Å²) in [6, 6.07) is 7.41. The van der Waals surface area contributed by atoms with Crippen LogP contribution in [0.2, 0.25) is 0 Å². The molecule has 0 aliphatic carbocycles. The largest absolute Gasteiger partial charge is 0.366 e. The van der Waals surface area contributed by atoms with E-state index in [0.717, 1.165) is 0 Å². The molecule has 0 atom stereocenters. The number of hydrogen-bond donors (Lipinski definition) is 2. The summed E-state index contributed by atoms with van der Waals surface area (Å²) in [5.41, 5.74) is 5.32. The van der Waals surface area contributed by atoms with E-state index >= 15 is 0 Å². The Morgan fingerprint density at radius 2 is 1.95 bits per heavy atom. The maximum absolute atomic E-state index is 11.5. The van der Waals surface area contributed by atoms with Gasteiger partial charge in [0.1, 0.15) is 11.5 Å². The molecule has 2 amide bonds. The monoisotopic (exact) mass is 281 g/mol. The second-order valence-electron chi connectivity index (χ2n) is 3.65. The fraction of sp³-hybridized carbons (Fsp3) is 0.182. The molecule has 100 valence electrons. The second kappa shape index (κ2) is 5.97. The van der Waals surface area contributed by atoms with E-state index in [4.69, 9.17) is 11.0 Å². The molecule has 0 aliphatic heterocycles.